The number of cyclic esters (lactones) is 1. The summed E-state index contributed by atoms with van der Waals surface area (Å²) in [6.07, 6.45) is 1.44. The van der Waals surface area contributed by atoms with Crippen LogP contribution in [-0.4, -0.2) is 16.8 Å². The normalized spacial score (nSPS) is 15.7. The van der Waals surface area contributed by atoms with E-state index in [1.54, 1.807) is 6.07 Å². The molecule has 1 aromatic carbocycles. The van der Waals surface area contributed by atoms with Crippen molar-refractivity contribution in [1.82, 2.24) is 0 Å². The molecule has 3 rings (SSSR count). The molecular formula is C14H6Br2N2O5. The molecule has 0 spiro atoms. The van der Waals surface area contributed by atoms with Crippen molar-refractivity contribution in [2.45, 2.75) is 0 Å². The molecule has 0 bridgehead atoms. The van der Waals surface area contributed by atoms with Gasteiger partial charge in [-0.3, -0.25) is 10.1 Å². The lowest BCUT2D eigenvalue weighted by molar-refractivity contribution is -0.384. The number of carbonyl (C=O) groups excluding carboxylic acids is 1. The minimum absolute atomic E-state index is 0.0558. The first-order valence-electron chi connectivity index (χ1n) is 6.16. The Kier molecular flexibility index (Phi) is 4.14. The third-order valence-corrected chi connectivity index (χ3v) is 4.60. The molecule has 116 valence electrons. The lowest BCUT2D eigenvalue weighted by Crippen LogP contribution is -2.05. The highest BCUT2D eigenvalue weighted by Gasteiger charge is 2.25. The van der Waals surface area contributed by atoms with Gasteiger partial charge >= 0.3 is 5.97 Å². The lowest BCUT2D eigenvalue weighted by atomic mass is 10.2. The molecule has 0 N–H and O–H groups in total. The Labute approximate surface area is 146 Å². The number of carbonyl (C=O) groups is 1. The van der Waals surface area contributed by atoms with E-state index in [1.807, 2.05) is 0 Å². The topological polar surface area (TPSA) is 94.9 Å². The first kappa shape index (κ1) is 15.6. The van der Waals surface area contributed by atoms with Crippen LogP contribution in [0.5, 0.6) is 0 Å². The molecule has 0 saturated carbocycles. The van der Waals surface area contributed by atoms with Gasteiger partial charge in [0.1, 0.15) is 5.76 Å². The van der Waals surface area contributed by atoms with Crippen molar-refractivity contribution in [3.05, 3.63) is 66.6 Å². The molecule has 0 aliphatic carbocycles. The van der Waals surface area contributed by atoms with Crippen LogP contribution in [0.15, 0.2) is 54.6 Å². The number of hydrogen-bond donors (Lipinski definition) is 0. The number of halogens is 2. The maximum atomic E-state index is 11.9. The molecule has 0 saturated heterocycles. The van der Waals surface area contributed by atoms with Crippen LogP contribution in [0, 0.1) is 10.1 Å². The Morgan fingerprint density at radius 2 is 1.91 bits per heavy atom. The Bertz CT molecular complexity index is 848. The van der Waals surface area contributed by atoms with Gasteiger partial charge in [0.25, 0.3) is 5.69 Å². The number of aliphatic imine (C=N–C) groups is 1. The van der Waals surface area contributed by atoms with Gasteiger partial charge in [0.15, 0.2) is 10.4 Å². The Hall–Kier alpha value is -2.26. The second-order valence-corrected chi connectivity index (χ2v) is 5.99. The van der Waals surface area contributed by atoms with E-state index < -0.39 is 10.9 Å². The molecule has 7 nitrogen and oxygen atoms in total. The highest BCUT2D eigenvalue weighted by Crippen LogP contribution is 2.29. The SMILES string of the molecule is O=C1OC(c2ccc([N+](=O)[O-])cc2)=N/C1=C\c1cc(Br)c(Br)o1. The molecule has 0 fully saturated rings. The van der Waals surface area contributed by atoms with E-state index in [1.165, 1.54) is 30.3 Å². The molecule has 9 heteroatoms. The standard InChI is InChI=1S/C14H6Br2N2O5/c15-10-5-9(22-12(10)16)6-11-14(19)23-13(17-11)7-1-3-8(4-2-7)18(20)21/h1-6H/b11-6-. The highest BCUT2D eigenvalue weighted by atomic mass is 79.9. The monoisotopic (exact) mass is 440 g/mol. The van der Waals surface area contributed by atoms with Crippen molar-refractivity contribution in [2.75, 3.05) is 0 Å². The number of ether oxygens (including phenoxy) is 1. The van der Waals surface area contributed by atoms with Crippen molar-refractivity contribution in [3.8, 4) is 0 Å². The lowest BCUT2D eigenvalue weighted by Gasteiger charge is -1.98. The second-order valence-electron chi connectivity index (χ2n) is 4.41. The number of nitro benzene ring substituents is 1. The van der Waals surface area contributed by atoms with E-state index in [4.69, 9.17) is 9.15 Å². The molecule has 0 atom stereocenters. The molecule has 1 aliphatic heterocycles. The third kappa shape index (κ3) is 3.25. The van der Waals surface area contributed by atoms with Gasteiger partial charge in [0.05, 0.1) is 9.40 Å². The zero-order valence-electron chi connectivity index (χ0n) is 11.2. The Morgan fingerprint density at radius 3 is 2.48 bits per heavy atom. The van der Waals surface area contributed by atoms with Crippen molar-refractivity contribution in [3.63, 3.8) is 0 Å². The third-order valence-electron chi connectivity index (χ3n) is 2.89. The summed E-state index contributed by atoms with van der Waals surface area (Å²) in [4.78, 5) is 26.1. The van der Waals surface area contributed by atoms with E-state index in [2.05, 4.69) is 36.9 Å². The Balaban J connectivity index is 1.90. The summed E-state index contributed by atoms with van der Waals surface area (Å²) in [5.74, 6) is -0.118. The van der Waals surface area contributed by atoms with Crippen molar-refractivity contribution < 1.29 is 18.9 Å². The van der Waals surface area contributed by atoms with Crippen LogP contribution in [0.2, 0.25) is 0 Å². The van der Waals surface area contributed by atoms with E-state index in [0.29, 0.717) is 20.5 Å². The summed E-state index contributed by atoms with van der Waals surface area (Å²) < 4.78 is 11.6. The van der Waals surface area contributed by atoms with E-state index >= 15 is 0 Å². The van der Waals surface area contributed by atoms with Crippen molar-refractivity contribution in [2.24, 2.45) is 4.99 Å². The fourth-order valence-corrected chi connectivity index (χ4v) is 2.44. The van der Waals surface area contributed by atoms with Crippen LogP contribution in [-0.2, 0) is 9.53 Å². The molecule has 0 radical (unpaired) electrons. The predicted molar refractivity (Wildman–Crippen MR) is 87.8 cm³/mol. The van der Waals surface area contributed by atoms with Gasteiger partial charge in [-0.1, -0.05) is 0 Å². The van der Waals surface area contributed by atoms with Gasteiger partial charge in [0.2, 0.25) is 5.90 Å². The predicted octanol–water partition coefficient (Wildman–Crippen LogP) is 4.06. The van der Waals surface area contributed by atoms with Gasteiger partial charge in [-0.05, 0) is 50.1 Å². The maximum absolute atomic E-state index is 11.9. The van der Waals surface area contributed by atoms with Crippen LogP contribution >= 0.6 is 31.9 Å². The van der Waals surface area contributed by atoms with Gasteiger partial charge in [-0.15, -0.1) is 0 Å². The van der Waals surface area contributed by atoms with E-state index in [0.717, 1.165) is 0 Å². The molecule has 2 aromatic rings. The van der Waals surface area contributed by atoms with Gasteiger partial charge in [0, 0.05) is 23.8 Å². The number of benzene rings is 1. The molecule has 2 heterocycles. The van der Waals surface area contributed by atoms with Crippen LogP contribution < -0.4 is 0 Å². The van der Waals surface area contributed by atoms with Crippen molar-refractivity contribution >= 4 is 55.5 Å². The molecule has 23 heavy (non-hydrogen) atoms. The number of non-ortho nitro benzene ring substituents is 1. The minimum Gasteiger partial charge on any atom is -0.449 e. The minimum atomic E-state index is -0.623. The van der Waals surface area contributed by atoms with Gasteiger partial charge < -0.3 is 9.15 Å². The molecule has 0 amide bonds. The fraction of sp³-hybridized carbons (Fsp3) is 0. The smallest absolute Gasteiger partial charge is 0.363 e. The number of hydrogen-bond acceptors (Lipinski definition) is 6. The quantitative estimate of drug-likeness (QED) is 0.310. The zero-order chi connectivity index (χ0) is 16.6. The second kappa shape index (κ2) is 6.09. The molecular weight excluding hydrogens is 436 g/mol. The average molecular weight is 442 g/mol. The largest absolute Gasteiger partial charge is 0.449 e. The first-order valence-corrected chi connectivity index (χ1v) is 7.75. The summed E-state index contributed by atoms with van der Waals surface area (Å²) in [5.41, 5.74) is 0.487. The zero-order valence-corrected chi connectivity index (χ0v) is 14.3. The fourth-order valence-electron chi connectivity index (χ4n) is 1.83. The number of furan rings is 1. The number of nitro groups is 1. The van der Waals surface area contributed by atoms with E-state index in [-0.39, 0.29) is 17.3 Å². The summed E-state index contributed by atoms with van der Waals surface area (Å²) in [6.45, 7) is 0. The molecule has 1 aromatic heterocycles. The average Bonchev–Trinajstić information content (AvgIpc) is 3.03. The molecule has 1 aliphatic rings. The number of esters is 1. The van der Waals surface area contributed by atoms with Crippen LogP contribution in [0.3, 0.4) is 0 Å². The summed E-state index contributed by atoms with van der Waals surface area (Å²) in [5, 5.41) is 10.6. The summed E-state index contributed by atoms with van der Waals surface area (Å²) in [7, 11) is 0. The van der Waals surface area contributed by atoms with Gasteiger partial charge in [-0.2, -0.15) is 0 Å². The number of nitrogens with zero attached hydrogens (tertiary/aromatic N) is 2. The van der Waals surface area contributed by atoms with Crippen molar-refractivity contribution in [1.29, 1.82) is 0 Å². The molecule has 0 unspecified atom stereocenters. The van der Waals surface area contributed by atoms with Crippen LogP contribution in [0.1, 0.15) is 11.3 Å². The van der Waals surface area contributed by atoms with Crippen LogP contribution in [0.4, 0.5) is 5.69 Å². The number of rotatable bonds is 3. The summed E-state index contributed by atoms with van der Waals surface area (Å²) >= 11 is 6.47. The van der Waals surface area contributed by atoms with Gasteiger partial charge in [-0.25, -0.2) is 9.79 Å². The first-order chi connectivity index (χ1) is 10.9. The van der Waals surface area contributed by atoms with Crippen LogP contribution in [0.25, 0.3) is 6.08 Å². The van der Waals surface area contributed by atoms with E-state index in [9.17, 15) is 14.9 Å². The highest BCUT2D eigenvalue weighted by molar-refractivity contribution is 9.13. The summed E-state index contributed by atoms with van der Waals surface area (Å²) in [6, 6.07) is 7.23. The Morgan fingerprint density at radius 1 is 1.22 bits per heavy atom. The maximum Gasteiger partial charge on any atom is 0.363 e.